The van der Waals surface area contributed by atoms with Crippen molar-refractivity contribution in [2.75, 3.05) is 0 Å². The molecule has 0 fully saturated rings. The molecule has 0 unspecified atom stereocenters. The number of aliphatic hydroxyl groups is 1. The first-order valence-corrected chi connectivity index (χ1v) is 7.65. The van der Waals surface area contributed by atoms with Gasteiger partial charge in [0, 0.05) is 10.6 Å². The monoisotopic (exact) mass is 272 g/mol. The van der Waals surface area contributed by atoms with E-state index in [-0.39, 0.29) is 6.10 Å². The fourth-order valence-corrected chi connectivity index (χ4v) is 3.22. The van der Waals surface area contributed by atoms with Crippen molar-refractivity contribution in [1.82, 2.24) is 0 Å². The largest absolute Gasteiger partial charge is 0.388 e. The van der Waals surface area contributed by atoms with Crippen LogP contribution in [0.4, 0.5) is 0 Å². The Labute approximate surface area is 119 Å². The van der Waals surface area contributed by atoms with E-state index in [0.29, 0.717) is 0 Å². The molecule has 1 N–H and O–H groups in total. The Morgan fingerprint density at radius 3 is 2.47 bits per heavy atom. The molecule has 2 aromatic carbocycles. The van der Waals surface area contributed by atoms with E-state index in [4.69, 9.17) is 0 Å². The van der Waals surface area contributed by atoms with Gasteiger partial charge in [-0.3, -0.25) is 0 Å². The molecule has 0 amide bonds. The molecule has 0 radical (unpaired) electrons. The van der Waals surface area contributed by atoms with Crippen LogP contribution in [0.2, 0.25) is 0 Å². The average Bonchev–Trinajstić information content (AvgIpc) is 2.46. The van der Waals surface area contributed by atoms with Gasteiger partial charge in [0.05, 0.1) is 6.10 Å². The molecule has 0 saturated carbocycles. The van der Waals surface area contributed by atoms with Crippen molar-refractivity contribution in [2.24, 2.45) is 0 Å². The zero-order valence-electron chi connectivity index (χ0n) is 11.5. The number of aryl methyl sites for hydroxylation is 1. The summed E-state index contributed by atoms with van der Waals surface area (Å²) in [5.74, 6) is 0.945. The second-order valence-electron chi connectivity index (χ2n) is 4.68. The first-order valence-electron chi connectivity index (χ1n) is 6.66. The lowest BCUT2D eigenvalue weighted by atomic mass is 10.1. The van der Waals surface area contributed by atoms with Gasteiger partial charge < -0.3 is 5.11 Å². The van der Waals surface area contributed by atoms with Crippen molar-refractivity contribution < 1.29 is 5.11 Å². The van der Waals surface area contributed by atoms with Crippen molar-refractivity contribution in [3.05, 3.63) is 65.2 Å². The minimum Gasteiger partial charge on any atom is -0.388 e. The summed E-state index contributed by atoms with van der Waals surface area (Å²) in [7, 11) is 0. The molecule has 1 atom stereocenters. The summed E-state index contributed by atoms with van der Waals surface area (Å²) < 4.78 is 0. The lowest BCUT2D eigenvalue weighted by Gasteiger charge is -2.14. The predicted octanol–water partition coefficient (Wildman–Crippen LogP) is 4.73. The molecule has 0 bridgehead atoms. The summed E-state index contributed by atoms with van der Waals surface area (Å²) >= 11 is 1.80. The minimum atomic E-state index is -0.361. The van der Waals surface area contributed by atoms with Gasteiger partial charge in [0.15, 0.2) is 0 Å². The quantitative estimate of drug-likeness (QED) is 0.794. The van der Waals surface area contributed by atoms with E-state index in [1.165, 1.54) is 16.0 Å². The number of rotatable bonds is 5. The standard InChI is InChI=1S/C17H20OS/c1-3-16(18)15-10-6-7-11-17(15)19-12-14-9-5-4-8-13(14)2/h4-11,16,18H,3,12H2,1-2H3/t16-/m1/s1. The molecule has 0 saturated heterocycles. The third-order valence-corrected chi connectivity index (χ3v) is 4.45. The van der Waals surface area contributed by atoms with Gasteiger partial charge in [0.1, 0.15) is 0 Å². The molecular formula is C17H20OS. The molecule has 0 aliphatic rings. The van der Waals surface area contributed by atoms with Gasteiger partial charge >= 0.3 is 0 Å². The van der Waals surface area contributed by atoms with Crippen LogP contribution in [-0.2, 0) is 5.75 Å². The number of benzene rings is 2. The van der Waals surface area contributed by atoms with E-state index in [2.05, 4.69) is 37.3 Å². The predicted molar refractivity (Wildman–Crippen MR) is 82.4 cm³/mol. The highest BCUT2D eigenvalue weighted by Crippen LogP contribution is 2.31. The maximum atomic E-state index is 10.0. The van der Waals surface area contributed by atoms with Gasteiger partial charge in [-0.25, -0.2) is 0 Å². The zero-order chi connectivity index (χ0) is 13.7. The van der Waals surface area contributed by atoms with E-state index in [0.717, 1.165) is 17.7 Å². The summed E-state index contributed by atoms with van der Waals surface area (Å²) in [6.07, 6.45) is 0.391. The Morgan fingerprint density at radius 2 is 1.74 bits per heavy atom. The van der Waals surface area contributed by atoms with Crippen LogP contribution in [0.5, 0.6) is 0 Å². The Hall–Kier alpha value is -1.25. The van der Waals surface area contributed by atoms with Gasteiger partial charge in [-0.05, 0) is 36.1 Å². The van der Waals surface area contributed by atoms with Gasteiger partial charge in [0.25, 0.3) is 0 Å². The van der Waals surface area contributed by atoms with E-state index in [1.807, 2.05) is 25.1 Å². The molecule has 19 heavy (non-hydrogen) atoms. The highest BCUT2D eigenvalue weighted by Gasteiger charge is 2.10. The van der Waals surface area contributed by atoms with Gasteiger partial charge in [-0.2, -0.15) is 0 Å². The van der Waals surface area contributed by atoms with Crippen molar-refractivity contribution in [1.29, 1.82) is 0 Å². The van der Waals surface area contributed by atoms with Crippen molar-refractivity contribution >= 4 is 11.8 Å². The molecule has 0 aliphatic heterocycles. The van der Waals surface area contributed by atoms with Crippen LogP contribution in [0.15, 0.2) is 53.4 Å². The van der Waals surface area contributed by atoms with Crippen LogP contribution in [0.3, 0.4) is 0 Å². The molecule has 1 nitrogen and oxygen atoms in total. The van der Waals surface area contributed by atoms with Crippen LogP contribution < -0.4 is 0 Å². The third-order valence-electron chi connectivity index (χ3n) is 3.31. The summed E-state index contributed by atoms with van der Waals surface area (Å²) in [6, 6.07) is 16.6. The van der Waals surface area contributed by atoms with Crippen LogP contribution in [-0.4, -0.2) is 5.11 Å². The van der Waals surface area contributed by atoms with E-state index < -0.39 is 0 Å². The third kappa shape index (κ3) is 3.62. The number of aliphatic hydroxyl groups excluding tert-OH is 1. The fourth-order valence-electron chi connectivity index (χ4n) is 2.03. The molecule has 100 valence electrons. The van der Waals surface area contributed by atoms with Gasteiger partial charge in [0.2, 0.25) is 0 Å². The summed E-state index contributed by atoms with van der Waals surface area (Å²) in [6.45, 7) is 4.15. The smallest absolute Gasteiger partial charge is 0.0798 e. The molecule has 0 spiro atoms. The first kappa shape index (κ1) is 14.2. The highest BCUT2D eigenvalue weighted by atomic mass is 32.2. The molecule has 2 heteroatoms. The SMILES string of the molecule is CC[C@@H](O)c1ccccc1SCc1ccccc1C. The number of hydrogen-bond donors (Lipinski definition) is 1. The summed E-state index contributed by atoms with van der Waals surface area (Å²) in [5, 5.41) is 10.0. The summed E-state index contributed by atoms with van der Waals surface area (Å²) in [5.41, 5.74) is 3.72. The fraction of sp³-hybridized carbons (Fsp3) is 0.294. The van der Waals surface area contributed by atoms with Gasteiger partial charge in [-0.1, -0.05) is 49.4 Å². The second-order valence-corrected chi connectivity index (χ2v) is 5.69. The lowest BCUT2D eigenvalue weighted by molar-refractivity contribution is 0.171. The van der Waals surface area contributed by atoms with Crippen molar-refractivity contribution in [3.63, 3.8) is 0 Å². The molecule has 2 aromatic rings. The van der Waals surface area contributed by atoms with E-state index in [1.54, 1.807) is 11.8 Å². The van der Waals surface area contributed by atoms with E-state index in [9.17, 15) is 5.11 Å². The number of thioether (sulfide) groups is 1. The lowest BCUT2D eigenvalue weighted by Crippen LogP contribution is -1.97. The normalized spacial score (nSPS) is 12.4. The van der Waals surface area contributed by atoms with Crippen molar-refractivity contribution in [2.45, 2.75) is 37.0 Å². The Balaban J connectivity index is 2.14. The number of hydrogen-bond acceptors (Lipinski definition) is 2. The van der Waals surface area contributed by atoms with E-state index >= 15 is 0 Å². The Morgan fingerprint density at radius 1 is 1.05 bits per heavy atom. The van der Waals surface area contributed by atoms with Crippen LogP contribution in [0, 0.1) is 6.92 Å². The van der Waals surface area contributed by atoms with Crippen LogP contribution >= 0.6 is 11.8 Å². The average molecular weight is 272 g/mol. The Kier molecular flexibility index (Phi) is 5.06. The molecule has 0 aliphatic carbocycles. The summed E-state index contributed by atoms with van der Waals surface area (Å²) in [4.78, 5) is 1.18. The van der Waals surface area contributed by atoms with Crippen LogP contribution in [0.25, 0.3) is 0 Å². The van der Waals surface area contributed by atoms with Crippen LogP contribution in [0.1, 0.15) is 36.1 Å². The molecule has 0 heterocycles. The minimum absolute atomic E-state index is 0.361. The maximum Gasteiger partial charge on any atom is 0.0798 e. The van der Waals surface area contributed by atoms with Crippen molar-refractivity contribution in [3.8, 4) is 0 Å². The zero-order valence-corrected chi connectivity index (χ0v) is 12.3. The molecular weight excluding hydrogens is 252 g/mol. The topological polar surface area (TPSA) is 20.2 Å². The molecule has 0 aromatic heterocycles. The Bertz CT molecular complexity index is 536. The first-order chi connectivity index (χ1) is 9.22. The molecule has 2 rings (SSSR count). The second kappa shape index (κ2) is 6.78. The van der Waals surface area contributed by atoms with Gasteiger partial charge in [-0.15, -0.1) is 11.8 Å². The highest BCUT2D eigenvalue weighted by molar-refractivity contribution is 7.98. The maximum absolute atomic E-state index is 10.0.